The highest BCUT2D eigenvalue weighted by molar-refractivity contribution is 5.73. The Kier molecular flexibility index (Phi) is 5.56. The van der Waals surface area contributed by atoms with E-state index in [2.05, 4.69) is 15.4 Å². The Morgan fingerprint density at radius 1 is 1.45 bits per heavy atom. The summed E-state index contributed by atoms with van der Waals surface area (Å²) in [6, 6.07) is -0.180. The molecule has 2 N–H and O–H groups in total. The van der Waals surface area contributed by atoms with Crippen LogP contribution in [-0.4, -0.2) is 26.4 Å². The lowest BCUT2D eigenvalue weighted by atomic mass is 10.2. The molecule has 0 saturated heterocycles. The number of rotatable bonds is 4. The minimum atomic E-state index is -0.180. The van der Waals surface area contributed by atoms with Crippen LogP contribution in [0.3, 0.4) is 0 Å². The summed E-state index contributed by atoms with van der Waals surface area (Å²) in [7, 11) is 1.53. The number of ether oxygens (including phenoxy) is 1. The molecule has 0 aromatic carbocycles. The predicted octanol–water partition coefficient (Wildman–Crippen LogP) is 0.545. The van der Waals surface area contributed by atoms with E-state index in [-0.39, 0.29) is 12.8 Å². The predicted molar refractivity (Wildman–Crippen MR) is 43.2 cm³/mol. The first-order chi connectivity index (χ1) is 5.16. The Balaban J connectivity index is 3.23. The number of methoxy groups -OCH3 is 1. The quantitative estimate of drug-likeness (QED) is 0.590. The largest absolute Gasteiger partial charge is 0.364 e. The van der Waals surface area contributed by atoms with Crippen molar-refractivity contribution < 1.29 is 9.53 Å². The van der Waals surface area contributed by atoms with Gasteiger partial charge in [-0.05, 0) is 5.92 Å². The van der Waals surface area contributed by atoms with Gasteiger partial charge in [-0.3, -0.25) is 0 Å². The maximum Gasteiger partial charge on any atom is 0.316 e. The molecule has 0 bridgehead atoms. The van der Waals surface area contributed by atoms with Gasteiger partial charge in [0, 0.05) is 13.7 Å². The van der Waals surface area contributed by atoms with Crippen LogP contribution in [0.15, 0.2) is 0 Å². The number of nitrogens with one attached hydrogen (secondary N) is 2. The van der Waals surface area contributed by atoms with Crippen LogP contribution in [0.2, 0.25) is 0 Å². The highest BCUT2D eigenvalue weighted by Gasteiger charge is 1.98. The molecule has 2 amide bonds. The molecule has 0 aliphatic carbocycles. The van der Waals surface area contributed by atoms with Gasteiger partial charge in [-0.25, -0.2) is 4.79 Å². The van der Waals surface area contributed by atoms with Gasteiger partial charge in [0.2, 0.25) is 0 Å². The van der Waals surface area contributed by atoms with Crippen LogP contribution in [0.25, 0.3) is 0 Å². The summed E-state index contributed by atoms with van der Waals surface area (Å²) in [6.45, 7) is 5.02. The molecule has 0 aromatic rings. The lowest BCUT2D eigenvalue weighted by Crippen LogP contribution is -2.38. The Morgan fingerprint density at radius 2 is 2.09 bits per heavy atom. The molecule has 4 heteroatoms. The van der Waals surface area contributed by atoms with E-state index in [1.807, 2.05) is 13.8 Å². The molecule has 66 valence electrons. The summed E-state index contributed by atoms with van der Waals surface area (Å²) in [5.41, 5.74) is 0. The van der Waals surface area contributed by atoms with Gasteiger partial charge in [0.15, 0.2) is 0 Å². The van der Waals surface area contributed by atoms with Crippen LogP contribution < -0.4 is 10.6 Å². The van der Waals surface area contributed by atoms with E-state index in [1.165, 1.54) is 7.11 Å². The number of hydrogen-bond acceptors (Lipinski definition) is 2. The van der Waals surface area contributed by atoms with Crippen molar-refractivity contribution in [3.63, 3.8) is 0 Å². The third kappa shape index (κ3) is 7.12. The van der Waals surface area contributed by atoms with E-state index >= 15 is 0 Å². The Hall–Kier alpha value is -0.770. The first kappa shape index (κ1) is 10.2. The minimum Gasteiger partial charge on any atom is -0.364 e. The maximum atomic E-state index is 10.8. The van der Waals surface area contributed by atoms with Crippen LogP contribution in [0.1, 0.15) is 13.8 Å². The monoisotopic (exact) mass is 160 g/mol. The Bertz CT molecular complexity index is 115. The number of carbonyl (C=O) groups excluding carboxylic acids is 1. The van der Waals surface area contributed by atoms with Crippen molar-refractivity contribution in [2.45, 2.75) is 13.8 Å². The Morgan fingerprint density at radius 3 is 2.55 bits per heavy atom. The summed E-state index contributed by atoms with van der Waals surface area (Å²) in [6.07, 6.45) is 0. The fraction of sp³-hybridized carbons (Fsp3) is 0.857. The molecule has 0 aromatic heterocycles. The van der Waals surface area contributed by atoms with E-state index < -0.39 is 0 Å². The van der Waals surface area contributed by atoms with Crippen molar-refractivity contribution in [2.24, 2.45) is 5.92 Å². The van der Waals surface area contributed by atoms with Crippen LogP contribution in [0, 0.1) is 5.92 Å². The van der Waals surface area contributed by atoms with Crippen LogP contribution in [0.5, 0.6) is 0 Å². The molecule has 0 radical (unpaired) electrons. The lowest BCUT2D eigenvalue weighted by Gasteiger charge is -2.07. The summed E-state index contributed by atoms with van der Waals surface area (Å²) in [5, 5.41) is 5.20. The van der Waals surface area contributed by atoms with Crippen molar-refractivity contribution in [1.29, 1.82) is 0 Å². The number of carbonyl (C=O) groups is 1. The number of amides is 2. The molecule has 0 unspecified atom stereocenters. The van der Waals surface area contributed by atoms with Gasteiger partial charge in [-0.1, -0.05) is 13.8 Å². The topological polar surface area (TPSA) is 50.4 Å². The van der Waals surface area contributed by atoms with E-state index in [0.717, 1.165) is 0 Å². The van der Waals surface area contributed by atoms with Gasteiger partial charge in [-0.2, -0.15) is 0 Å². The summed E-state index contributed by atoms with van der Waals surface area (Å²) >= 11 is 0. The maximum absolute atomic E-state index is 10.8. The van der Waals surface area contributed by atoms with Crippen molar-refractivity contribution in [3.05, 3.63) is 0 Å². The molecule has 0 rings (SSSR count). The fourth-order valence-corrected chi connectivity index (χ4v) is 0.497. The number of urea groups is 1. The van der Waals surface area contributed by atoms with Crippen molar-refractivity contribution >= 4 is 6.03 Å². The third-order valence-corrected chi connectivity index (χ3v) is 1.05. The van der Waals surface area contributed by atoms with Crippen LogP contribution in [-0.2, 0) is 4.74 Å². The third-order valence-electron chi connectivity index (χ3n) is 1.05. The van der Waals surface area contributed by atoms with Gasteiger partial charge >= 0.3 is 6.03 Å². The first-order valence-corrected chi connectivity index (χ1v) is 3.67. The van der Waals surface area contributed by atoms with E-state index in [4.69, 9.17) is 0 Å². The van der Waals surface area contributed by atoms with E-state index in [0.29, 0.717) is 12.5 Å². The molecule has 0 heterocycles. The summed E-state index contributed by atoms with van der Waals surface area (Å²) in [5.74, 6) is 0.475. The molecule has 4 nitrogen and oxygen atoms in total. The highest BCUT2D eigenvalue weighted by Crippen LogP contribution is 1.85. The van der Waals surface area contributed by atoms with Crippen LogP contribution >= 0.6 is 0 Å². The second-order valence-electron chi connectivity index (χ2n) is 2.71. The first-order valence-electron chi connectivity index (χ1n) is 3.67. The molecule has 0 saturated carbocycles. The SMILES string of the molecule is COCNC(=O)NCC(C)C. The zero-order valence-corrected chi connectivity index (χ0v) is 7.31. The summed E-state index contributed by atoms with van der Waals surface area (Å²) < 4.78 is 4.65. The second-order valence-corrected chi connectivity index (χ2v) is 2.71. The van der Waals surface area contributed by atoms with Crippen molar-refractivity contribution in [1.82, 2.24) is 10.6 Å². The Labute approximate surface area is 67.3 Å². The van der Waals surface area contributed by atoms with Gasteiger partial charge in [0.25, 0.3) is 0 Å². The van der Waals surface area contributed by atoms with E-state index in [9.17, 15) is 4.79 Å². The van der Waals surface area contributed by atoms with Gasteiger partial charge in [0.05, 0.1) is 0 Å². The molecule has 0 aliphatic rings. The summed E-state index contributed by atoms with van der Waals surface area (Å²) in [4.78, 5) is 10.8. The lowest BCUT2D eigenvalue weighted by molar-refractivity contribution is 0.172. The molecule has 11 heavy (non-hydrogen) atoms. The number of hydrogen-bond donors (Lipinski definition) is 2. The molecule has 0 aliphatic heterocycles. The smallest absolute Gasteiger partial charge is 0.316 e. The molecular formula is C7H16N2O2. The average molecular weight is 160 g/mol. The normalized spacial score (nSPS) is 9.82. The van der Waals surface area contributed by atoms with Crippen molar-refractivity contribution in [3.8, 4) is 0 Å². The fourth-order valence-electron chi connectivity index (χ4n) is 0.497. The van der Waals surface area contributed by atoms with Gasteiger partial charge < -0.3 is 15.4 Å². The van der Waals surface area contributed by atoms with Gasteiger partial charge in [0.1, 0.15) is 6.73 Å². The zero-order chi connectivity index (χ0) is 8.69. The molecule has 0 fully saturated rings. The standard InChI is InChI=1S/C7H16N2O2/c1-6(2)4-8-7(10)9-5-11-3/h6H,4-5H2,1-3H3,(H2,8,9,10). The second kappa shape index (κ2) is 5.97. The molecular weight excluding hydrogens is 144 g/mol. The minimum absolute atomic E-state index is 0.180. The highest BCUT2D eigenvalue weighted by atomic mass is 16.5. The average Bonchev–Trinajstić information content (AvgIpc) is 1.97. The zero-order valence-electron chi connectivity index (χ0n) is 7.31. The van der Waals surface area contributed by atoms with Crippen LogP contribution in [0.4, 0.5) is 4.79 Å². The van der Waals surface area contributed by atoms with Crippen molar-refractivity contribution in [2.75, 3.05) is 20.4 Å². The molecule has 0 spiro atoms. The molecule has 0 atom stereocenters. The van der Waals surface area contributed by atoms with Gasteiger partial charge in [-0.15, -0.1) is 0 Å². The van der Waals surface area contributed by atoms with E-state index in [1.54, 1.807) is 0 Å².